The Morgan fingerprint density at radius 1 is 1.18 bits per heavy atom. The molecule has 0 aliphatic heterocycles. The fourth-order valence-electron chi connectivity index (χ4n) is 2.75. The lowest BCUT2D eigenvalue weighted by atomic mass is 10.0. The summed E-state index contributed by atoms with van der Waals surface area (Å²) in [6.07, 6.45) is 2.54. The lowest BCUT2D eigenvalue weighted by Crippen LogP contribution is -2.11. The third-order valence-corrected chi connectivity index (χ3v) is 4.12. The van der Waals surface area contributed by atoms with Crippen molar-refractivity contribution in [3.05, 3.63) is 63.9 Å². The highest BCUT2D eigenvalue weighted by Crippen LogP contribution is 2.29. The van der Waals surface area contributed by atoms with Crippen molar-refractivity contribution in [3.8, 4) is 5.75 Å². The maximum atomic E-state index is 12.3. The van der Waals surface area contributed by atoms with Crippen molar-refractivity contribution in [1.29, 1.82) is 0 Å². The second kappa shape index (κ2) is 8.56. The van der Waals surface area contributed by atoms with Gasteiger partial charge in [-0.3, -0.25) is 4.79 Å². The van der Waals surface area contributed by atoms with Crippen molar-refractivity contribution in [2.75, 3.05) is 6.61 Å². The van der Waals surface area contributed by atoms with E-state index in [9.17, 15) is 14.4 Å². The average molecular weight is 384 g/mol. The van der Waals surface area contributed by atoms with E-state index in [4.69, 9.17) is 18.3 Å². The van der Waals surface area contributed by atoms with Gasteiger partial charge in [0, 0.05) is 23.9 Å². The first kappa shape index (κ1) is 19.4. The average Bonchev–Trinajstić information content (AvgIpc) is 3.19. The Labute approximate surface area is 160 Å². The maximum absolute atomic E-state index is 12.3. The highest BCUT2D eigenvalue weighted by Gasteiger charge is 2.17. The Morgan fingerprint density at radius 2 is 2.00 bits per heavy atom. The van der Waals surface area contributed by atoms with Crippen LogP contribution in [0.1, 0.15) is 41.4 Å². The van der Waals surface area contributed by atoms with Crippen LogP contribution < -0.4 is 10.4 Å². The number of ether oxygens (including phenoxy) is 2. The van der Waals surface area contributed by atoms with E-state index < -0.39 is 11.6 Å². The molecule has 2 heterocycles. The number of carbonyl (C=O) groups excluding carboxylic acids is 2. The third kappa shape index (κ3) is 4.49. The number of fused-ring (bicyclic) bond motifs is 1. The van der Waals surface area contributed by atoms with Gasteiger partial charge in [0.1, 0.15) is 11.3 Å². The molecule has 0 N–H and O–H groups in total. The zero-order valence-corrected chi connectivity index (χ0v) is 15.7. The van der Waals surface area contributed by atoms with Crippen LogP contribution in [-0.2, 0) is 16.0 Å². The lowest BCUT2D eigenvalue weighted by molar-refractivity contribution is -0.143. The van der Waals surface area contributed by atoms with Gasteiger partial charge in [-0.25, -0.2) is 9.59 Å². The molecule has 0 unspecified atom stereocenters. The zero-order chi connectivity index (χ0) is 20.1. The predicted octanol–water partition coefficient (Wildman–Crippen LogP) is 3.80. The minimum Gasteiger partial charge on any atom is -0.466 e. The second-order valence-corrected chi connectivity index (χ2v) is 6.29. The number of carbonyl (C=O) groups is 2. The quantitative estimate of drug-likeness (QED) is 0.347. The van der Waals surface area contributed by atoms with E-state index >= 15 is 0 Å². The van der Waals surface area contributed by atoms with Gasteiger partial charge in [-0.2, -0.15) is 0 Å². The third-order valence-electron chi connectivity index (χ3n) is 4.12. The molecule has 0 aliphatic rings. The first-order valence-electron chi connectivity index (χ1n) is 8.96. The van der Waals surface area contributed by atoms with E-state index in [1.165, 1.54) is 24.5 Å². The van der Waals surface area contributed by atoms with Gasteiger partial charge in [0.05, 0.1) is 12.9 Å². The number of aryl methyl sites for hydroxylation is 2. The van der Waals surface area contributed by atoms with Gasteiger partial charge in [0.25, 0.3) is 0 Å². The Kier molecular flexibility index (Phi) is 5.93. The molecule has 0 radical (unpaired) electrons. The molecule has 0 saturated heterocycles. The molecule has 28 heavy (non-hydrogen) atoms. The largest absolute Gasteiger partial charge is 0.466 e. The summed E-state index contributed by atoms with van der Waals surface area (Å²) in [5, 5.41) is 0.703. The van der Waals surface area contributed by atoms with Crippen LogP contribution in [0.15, 0.2) is 50.2 Å². The normalized spacial score (nSPS) is 10.8. The molecule has 3 rings (SSSR count). The van der Waals surface area contributed by atoms with Gasteiger partial charge >= 0.3 is 17.6 Å². The molecule has 1 aromatic carbocycles. The number of benzene rings is 1. The molecule has 0 aliphatic carbocycles. The molecule has 146 valence electrons. The van der Waals surface area contributed by atoms with Gasteiger partial charge in [-0.15, -0.1) is 0 Å². The molecule has 0 saturated carbocycles. The van der Waals surface area contributed by atoms with Crippen LogP contribution in [0.5, 0.6) is 5.75 Å². The molecule has 0 spiro atoms. The molecular formula is C21H20O7. The van der Waals surface area contributed by atoms with Gasteiger partial charge in [0.15, 0.2) is 0 Å². The first-order valence-corrected chi connectivity index (χ1v) is 8.96. The molecule has 0 fully saturated rings. The van der Waals surface area contributed by atoms with E-state index in [-0.39, 0.29) is 23.9 Å². The van der Waals surface area contributed by atoms with Crippen LogP contribution in [-0.4, -0.2) is 18.5 Å². The Hall–Kier alpha value is -3.35. The lowest BCUT2D eigenvalue weighted by Gasteiger charge is -2.12. The van der Waals surface area contributed by atoms with Crippen molar-refractivity contribution in [2.24, 2.45) is 0 Å². The van der Waals surface area contributed by atoms with Crippen LogP contribution in [0.3, 0.4) is 0 Å². The number of esters is 2. The molecule has 7 nitrogen and oxygen atoms in total. The summed E-state index contributed by atoms with van der Waals surface area (Å²) in [7, 11) is 0. The summed E-state index contributed by atoms with van der Waals surface area (Å²) < 4.78 is 20.8. The number of hydrogen-bond acceptors (Lipinski definition) is 7. The number of rotatable bonds is 7. The minimum atomic E-state index is -0.686. The standard InChI is InChI=1S/C21H20O7/c1-3-8-26-19(22)7-6-14-11-15-13(2)10-20(23)27-18(15)12-17(14)28-21(24)16-5-4-9-25-16/h4-5,9-12H,3,6-8H2,1-2H3. The summed E-state index contributed by atoms with van der Waals surface area (Å²) in [5.74, 6) is -0.777. The smallest absolute Gasteiger partial charge is 0.379 e. The molecule has 3 aromatic rings. The van der Waals surface area contributed by atoms with Crippen LogP contribution in [0.25, 0.3) is 11.0 Å². The van der Waals surface area contributed by atoms with Crippen LogP contribution in [0.2, 0.25) is 0 Å². The first-order chi connectivity index (χ1) is 13.5. The fraction of sp³-hybridized carbons (Fsp3) is 0.286. The highest BCUT2D eigenvalue weighted by molar-refractivity contribution is 5.90. The van der Waals surface area contributed by atoms with Crippen molar-refractivity contribution >= 4 is 22.9 Å². The van der Waals surface area contributed by atoms with E-state index in [1.54, 1.807) is 19.1 Å². The van der Waals surface area contributed by atoms with Crippen LogP contribution in [0, 0.1) is 6.92 Å². The van der Waals surface area contributed by atoms with E-state index in [1.807, 2.05) is 6.92 Å². The van der Waals surface area contributed by atoms with Crippen molar-refractivity contribution in [3.63, 3.8) is 0 Å². The Balaban J connectivity index is 1.94. The molecule has 0 bridgehead atoms. The van der Waals surface area contributed by atoms with Crippen molar-refractivity contribution in [1.82, 2.24) is 0 Å². The van der Waals surface area contributed by atoms with Crippen molar-refractivity contribution < 1.29 is 27.9 Å². The summed E-state index contributed by atoms with van der Waals surface area (Å²) in [4.78, 5) is 35.8. The molecule has 0 atom stereocenters. The van der Waals surface area contributed by atoms with E-state index in [0.717, 1.165) is 12.0 Å². The van der Waals surface area contributed by atoms with E-state index in [2.05, 4.69) is 0 Å². The highest BCUT2D eigenvalue weighted by atomic mass is 16.5. The minimum absolute atomic E-state index is 0.0408. The molecule has 0 amide bonds. The Bertz CT molecular complexity index is 1040. The van der Waals surface area contributed by atoms with Gasteiger partial charge in [0.2, 0.25) is 5.76 Å². The maximum Gasteiger partial charge on any atom is 0.379 e. The predicted molar refractivity (Wildman–Crippen MR) is 100 cm³/mol. The molecular weight excluding hydrogens is 364 g/mol. The number of furan rings is 1. The summed E-state index contributed by atoms with van der Waals surface area (Å²) >= 11 is 0. The monoisotopic (exact) mass is 384 g/mol. The topological polar surface area (TPSA) is 96.0 Å². The van der Waals surface area contributed by atoms with Gasteiger partial charge in [-0.05, 0) is 49.1 Å². The van der Waals surface area contributed by atoms with E-state index in [0.29, 0.717) is 29.6 Å². The SMILES string of the molecule is CCCOC(=O)CCc1cc2c(C)cc(=O)oc2cc1OC(=O)c1ccco1. The number of hydrogen-bond donors (Lipinski definition) is 0. The fourth-order valence-corrected chi connectivity index (χ4v) is 2.75. The summed E-state index contributed by atoms with van der Waals surface area (Å²) in [5.41, 5.74) is 1.15. The van der Waals surface area contributed by atoms with Crippen LogP contribution in [0.4, 0.5) is 0 Å². The summed E-state index contributed by atoms with van der Waals surface area (Å²) in [6.45, 7) is 4.06. The summed E-state index contributed by atoms with van der Waals surface area (Å²) in [6, 6.07) is 7.68. The van der Waals surface area contributed by atoms with Crippen LogP contribution >= 0.6 is 0 Å². The van der Waals surface area contributed by atoms with Gasteiger partial charge in [-0.1, -0.05) is 6.92 Å². The molecule has 7 heteroatoms. The van der Waals surface area contributed by atoms with Gasteiger partial charge < -0.3 is 18.3 Å². The van der Waals surface area contributed by atoms with Crippen molar-refractivity contribution in [2.45, 2.75) is 33.1 Å². The Morgan fingerprint density at radius 3 is 2.71 bits per heavy atom. The zero-order valence-electron chi connectivity index (χ0n) is 15.7. The molecule has 2 aromatic heterocycles. The second-order valence-electron chi connectivity index (χ2n) is 6.29.